The number of hydrogen-bond acceptors (Lipinski definition) is 5. The molecule has 3 aromatic heterocycles. The third-order valence-electron chi connectivity index (χ3n) is 3.76. The van der Waals surface area contributed by atoms with Crippen LogP contribution in [0.4, 0.5) is 5.13 Å². The Balaban J connectivity index is 1.56. The fraction of sp³-hybridized carbons (Fsp3) is 0.267. The number of rotatable bonds is 3. The Kier molecular flexibility index (Phi) is 3.31. The van der Waals surface area contributed by atoms with Gasteiger partial charge in [-0.15, -0.1) is 22.7 Å². The summed E-state index contributed by atoms with van der Waals surface area (Å²) in [6, 6.07) is 3.93. The average molecular weight is 330 g/mol. The summed E-state index contributed by atoms with van der Waals surface area (Å²) in [7, 11) is 1.96. The number of aromatic nitrogens is 3. The molecule has 0 aliphatic heterocycles. The van der Waals surface area contributed by atoms with Crippen molar-refractivity contribution in [3.05, 3.63) is 39.2 Å². The predicted molar refractivity (Wildman–Crippen MR) is 88.4 cm³/mol. The lowest BCUT2D eigenvalue weighted by Crippen LogP contribution is -2.13. The molecule has 0 saturated heterocycles. The van der Waals surface area contributed by atoms with Gasteiger partial charge in [0.25, 0.3) is 0 Å². The van der Waals surface area contributed by atoms with Gasteiger partial charge in [-0.3, -0.25) is 9.48 Å². The van der Waals surface area contributed by atoms with E-state index in [1.54, 1.807) is 22.7 Å². The quantitative estimate of drug-likeness (QED) is 0.803. The highest BCUT2D eigenvalue weighted by Crippen LogP contribution is 2.37. The zero-order valence-electron chi connectivity index (χ0n) is 12.0. The van der Waals surface area contributed by atoms with Gasteiger partial charge in [-0.05, 0) is 24.3 Å². The van der Waals surface area contributed by atoms with Crippen molar-refractivity contribution in [2.75, 3.05) is 5.32 Å². The molecular formula is C15H14N4OS2. The molecule has 4 rings (SSSR count). The fourth-order valence-corrected chi connectivity index (χ4v) is 4.40. The number of thiophene rings is 1. The van der Waals surface area contributed by atoms with Crippen LogP contribution in [0.1, 0.15) is 15.4 Å². The molecular weight excluding hydrogens is 316 g/mol. The molecule has 0 atom stereocenters. The Morgan fingerprint density at radius 3 is 3.18 bits per heavy atom. The van der Waals surface area contributed by atoms with Gasteiger partial charge in [-0.2, -0.15) is 5.10 Å². The van der Waals surface area contributed by atoms with Crippen LogP contribution in [0.15, 0.2) is 23.7 Å². The molecule has 3 heterocycles. The Morgan fingerprint density at radius 2 is 2.36 bits per heavy atom. The molecule has 0 bridgehead atoms. The molecule has 7 heteroatoms. The van der Waals surface area contributed by atoms with Gasteiger partial charge < -0.3 is 5.32 Å². The Morgan fingerprint density at radius 1 is 1.45 bits per heavy atom. The highest BCUT2D eigenvalue weighted by atomic mass is 32.1. The summed E-state index contributed by atoms with van der Waals surface area (Å²) in [5.41, 5.74) is 3.29. The first-order valence-electron chi connectivity index (χ1n) is 7.04. The third-order valence-corrected chi connectivity index (χ3v) is 5.67. The lowest BCUT2D eigenvalue weighted by molar-refractivity contribution is -0.115. The van der Waals surface area contributed by atoms with Gasteiger partial charge in [-0.25, -0.2) is 4.98 Å². The number of aryl methyl sites for hydroxylation is 2. The molecule has 0 saturated carbocycles. The smallest absolute Gasteiger partial charge is 0.231 e. The van der Waals surface area contributed by atoms with Crippen molar-refractivity contribution in [3.63, 3.8) is 0 Å². The van der Waals surface area contributed by atoms with Gasteiger partial charge in [0, 0.05) is 28.1 Å². The van der Waals surface area contributed by atoms with E-state index in [1.807, 2.05) is 35.4 Å². The van der Waals surface area contributed by atoms with E-state index in [0.29, 0.717) is 11.6 Å². The van der Waals surface area contributed by atoms with Crippen LogP contribution < -0.4 is 5.32 Å². The van der Waals surface area contributed by atoms with Crippen LogP contribution in [0, 0.1) is 0 Å². The number of anilines is 1. The molecule has 22 heavy (non-hydrogen) atoms. The standard InChI is InChI=1S/C15H14N4OS2/c1-19-11-4-5-12-14(10(11)8-16-19)18-15(22-12)17-13(20)7-9-3-2-6-21-9/h2-3,6,8H,4-5,7H2,1H3,(H,17,18,20). The van der Waals surface area contributed by atoms with E-state index in [-0.39, 0.29) is 5.91 Å². The van der Waals surface area contributed by atoms with Gasteiger partial charge >= 0.3 is 0 Å². The normalized spacial score (nSPS) is 12.8. The number of hydrogen-bond donors (Lipinski definition) is 1. The maximum atomic E-state index is 12.1. The summed E-state index contributed by atoms with van der Waals surface area (Å²) in [5.74, 6) is -0.0139. The first kappa shape index (κ1) is 13.7. The number of nitrogens with one attached hydrogen (secondary N) is 1. The van der Waals surface area contributed by atoms with Gasteiger partial charge in [0.05, 0.1) is 18.3 Å². The lowest BCUT2D eigenvalue weighted by Gasteiger charge is -2.10. The zero-order chi connectivity index (χ0) is 15.1. The Labute approximate surface area is 135 Å². The van der Waals surface area contributed by atoms with E-state index in [1.165, 1.54) is 10.6 Å². The molecule has 5 nitrogen and oxygen atoms in total. The second-order valence-electron chi connectivity index (χ2n) is 5.22. The summed E-state index contributed by atoms with van der Waals surface area (Å²) in [4.78, 5) is 19.0. The molecule has 3 aromatic rings. The van der Waals surface area contributed by atoms with E-state index in [9.17, 15) is 4.79 Å². The highest BCUT2D eigenvalue weighted by molar-refractivity contribution is 7.16. The first-order valence-corrected chi connectivity index (χ1v) is 8.73. The van der Waals surface area contributed by atoms with Crippen LogP contribution in [0.3, 0.4) is 0 Å². The third kappa shape index (κ3) is 2.36. The average Bonchev–Trinajstić information content (AvgIpc) is 3.18. The number of thiazole rings is 1. The summed E-state index contributed by atoms with van der Waals surface area (Å²) in [6.45, 7) is 0. The minimum Gasteiger partial charge on any atom is -0.302 e. The predicted octanol–water partition coefficient (Wildman–Crippen LogP) is 2.88. The van der Waals surface area contributed by atoms with E-state index in [0.717, 1.165) is 29.0 Å². The van der Waals surface area contributed by atoms with Crippen molar-refractivity contribution in [2.24, 2.45) is 7.05 Å². The fourth-order valence-electron chi connectivity index (χ4n) is 2.71. The molecule has 1 aliphatic rings. The molecule has 0 unspecified atom stereocenters. The van der Waals surface area contributed by atoms with Crippen LogP contribution >= 0.6 is 22.7 Å². The summed E-state index contributed by atoms with van der Waals surface area (Å²) in [6.07, 6.45) is 4.20. The van der Waals surface area contributed by atoms with E-state index >= 15 is 0 Å². The summed E-state index contributed by atoms with van der Waals surface area (Å²) < 4.78 is 1.91. The van der Waals surface area contributed by atoms with E-state index < -0.39 is 0 Å². The molecule has 112 valence electrons. The zero-order valence-corrected chi connectivity index (χ0v) is 13.6. The lowest BCUT2D eigenvalue weighted by atomic mass is 10.0. The summed E-state index contributed by atoms with van der Waals surface area (Å²) >= 11 is 3.17. The van der Waals surface area contributed by atoms with Crippen LogP contribution in [0.2, 0.25) is 0 Å². The van der Waals surface area contributed by atoms with Gasteiger partial charge in [0.1, 0.15) is 0 Å². The Hall–Kier alpha value is -1.99. The topological polar surface area (TPSA) is 59.8 Å². The number of amides is 1. The SMILES string of the molecule is Cn1ncc2c1CCc1sc(NC(=O)Cc3cccs3)nc1-2. The van der Waals surface area contributed by atoms with Crippen molar-refractivity contribution >= 4 is 33.7 Å². The molecule has 1 amide bonds. The Bertz CT molecular complexity index is 832. The van der Waals surface area contributed by atoms with E-state index in [4.69, 9.17) is 0 Å². The second kappa shape index (κ2) is 5.33. The van der Waals surface area contributed by atoms with Crippen LogP contribution in [0.25, 0.3) is 11.3 Å². The second-order valence-corrected chi connectivity index (χ2v) is 7.34. The van der Waals surface area contributed by atoms with Crippen LogP contribution in [0.5, 0.6) is 0 Å². The highest BCUT2D eigenvalue weighted by Gasteiger charge is 2.24. The maximum Gasteiger partial charge on any atom is 0.231 e. The minimum absolute atomic E-state index is 0.0139. The maximum absolute atomic E-state index is 12.1. The number of fused-ring (bicyclic) bond motifs is 3. The minimum atomic E-state index is -0.0139. The monoisotopic (exact) mass is 330 g/mol. The molecule has 0 spiro atoms. The number of carbonyl (C=O) groups is 1. The van der Waals surface area contributed by atoms with Crippen molar-refractivity contribution < 1.29 is 4.79 Å². The molecule has 0 radical (unpaired) electrons. The van der Waals surface area contributed by atoms with Crippen molar-refractivity contribution in [3.8, 4) is 11.3 Å². The van der Waals surface area contributed by atoms with Crippen LogP contribution in [-0.2, 0) is 31.1 Å². The van der Waals surface area contributed by atoms with Gasteiger partial charge in [-0.1, -0.05) is 6.07 Å². The van der Waals surface area contributed by atoms with Gasteiger partial charge in [0.15, 0.2) is 5.13 Å². The number of carbonyl (C=O) groups excluding carboxylic acids is 1. The van der Waals surface area contributed by atoms with Crippen LogP contribution in [-0.4, -0.2) is 20.7 Å². The molecule has 1 aliphatic carbocycles. The molecule has 0 fully saturated rings. The summed E-state index contributed by atoms with van der Waals surface area (Å²) in [5, 5.41) is 9.90. The van der Waals surface area contributed by atoms with Crippen molar-refractivity contribution in [1.29, 1.82) is 0 Å². The van der Waals surface area contributed by atoms with Crippen molar-refractivity contribution in [1.82, 2.24) is 14.8 Å². The molecule has 0 aromatic carbocycles. The largest absolute Gasteiger partial charge is 0.302 e. The van der Waals surface area contributed by atoms with Crippen molar-refractivity contribution in [2.45, 2.75) is 19.3 Å². The van der Waals surface area contributed by atoms with E-state index in [2.05, 4.69) is 15.4 Å². The number of nitrogens with zero attached hydrogens (tertiary/aromatic N) is 3. The van der Waals surface area contributed by atoms with Gasteiger partial charge in [0.2, 0.25) is 5.91 Å². The molecule has 1 N–H and O–H groups in total. The first-order chi connectivity index (χ1) is 10.7.